The first kappa shape index (κ1) is 15.6. The minimum atomic E-state index is -0.672. The molecule has 2 N–H and O–H groups in total. The van der Waals surface area contributed by atoms with Crippen molar-refractivity contribution in [2.24, 2.45) is 0 Å². The lowest BCUT2D eigenvalue weighted by atomic mass is 10.3. The molecular formula is C15H20N6O2. The van der Waals surface area contributed by atoms with Gasteiger partial charge in [0.1, 0.15) is 24.3 Å². The van der Waals surface area contributed by atoms with Gasteiger partial charge in [-0.1, -0.05) is 0 Å². The SMILES string of the molecule is CC(O)c1nccc(N2CCN(c3ccnc(CO)n3)CC2)n1. The fourth-order valence-electron chi connectivity index (χ4n) is 2.55. The topological polar surface area (TPSA) is 98.5 Å². The Bertz CT molecular complexity index is 658. The highest BCUT2D eigenvalue weighted by molar-refractivity contribution is 5.44. The zero-order valence-corrected chi connectivity index (χ0v) is 13.0. The Balaban J connectivity index is 1.67. The molecule has 1 unspecified atom stereocenters. The molecule has 1 atom stereocenters. The fraction of sp³-hybridized carbons (Fsp3) is 0.467. The molecule has 0 radical (unpaired) electrons. The van der Waals surface area contributed by atoms with Crippen molar-refractivity contribution in [2.45, 2.75) is 19.6 Å². The number of piperazine rings is 1. The second kappa shape index (κ2) is 6.84. The lowest BCUT2D eigenvalue weighted by Gasteiger charge is -2.36. The van der Waals surface area contributed by atoms with Gasteiger partial charge in [-0.25, -0.2) is 19.9 Å². The number of nitrogens with zero attached hydrogens (tertiary/aromatic N) is 6. The van der Waals surface area contributed by atoms with E-state index in [1.165, 1.54) is 0 Å². The minimum absolute atomic E-state index is 0.156. The van der Waals surface area contributed by atoms with Gasteiger partial charge in [0.05, 0.1) is 0 Å². The largest absolute Gasteiger partial charge is 0.388 e. The maximum absolute atomic E-state index is 9.60. The average molecular weight is 316 g/mol. The van der Waals surface area contributed by atoms with E-state index in [0.29, 0.717) is 11.6 Å². The maximum atomic E-state index is 9.60. The molecule has 1 aliphatic rings. The number of hydrogen-bond donors (Lipinski definition) is 2. The van der Waals surface area contributed by atoms with Crippen LogP contribution < -0.4 is 9.80 Å². The molecule has 1 aliphatic heterocycles. The first-order valence-corrected chi connectivity index (χ1v) is 7.61. The quantitative estimate of drug-likeness (QED) is 0.822. The molecule has 0 bridgehead atoms. The predicted molar refractivity (Wildman–Crippen MR) is 85.0 cm³/mol. The van der Waals surface area contributed by atoms with Gasteiger partial charge in [0.25, 0.3) is 0 Å². The smallest absolute Gasteiger partial charge is 0.158 e. The minimum Gasteiger partial charge on any atom is -0.388 e. The van der Waals surface area contributed by atoms with E-state index in [4.69, 9.17) is 5.11 Å². The molecule has 122 valence electrons. The lowest BCUT2D eigenvalue weighted by molar-refractivity contribution is 0.189. The van der Waals surface area contributed by atoms with Crippen LogP contribution in [0.4, 0.5) is 11.6 Å². The molecule has 1 saturated heterocycles. The first-order chi connectivity index (χ1) is 11.2. The molecule has 0 saturated carbocycles. The Hall–Kier alpha value is -2.32. The van der Waals surface area contributed by atoms with Crippen molar-refractivity contribution in [3.8, 4) is 0 Å². The zero-order chi connectivity index (χ0) is 16.2. The Morgan fingerprint density at radius 1 is 1.00 bits per heavy atom. The maximum Gasteiger partial charge on any atom is 0.158 e. The van der Waals surface area contributed by atoms with Crippen LogP contribution in [0.15, 0.2) is 24.5 Å². The highest BCUT2D eigenvalue weighted by atomic mass is 16.3. The van der Waals surface area contributed by atoms with E-state index < -0.39 is 6.10 Å². The van der Waals surface area contributed by atoms with E-state index >= 15 is 0 Å². The van der Waals surface area contributed by atoms with Crippen LogP contribution in [0.5, 0.6) is 0 Å². The summed E-state index contributed by atoms with van der Waals surface area (Å²) < 4.78 is 0. The van der Waals surface area contributed by atoms with E-state index in [-0.39, 0.29) is 6.61 Å². The summed E-state index contributed by atoms with van der Waals surface area (Å²) in [5.41, 5.74) is 0. The first-order valence-electron chi connectivity index (χ1n) is 7.61. The van der Waals surface area contributed by atoms with Crippen molar-refractivity contribution < 1.29 is 10.2 Å². The highest BCUT2D eigenvalue weighted by Gasteiger charge is 2.20. The number of aliphatic hydroxyl groups excluding tert-OH is 2. The fourth-order valence-corrected chi connectivity index (χ4v) is 2.55. The third kappa shape index (κ3) is 3.54. The summed E-state index contributed by atoms with van der Waals surface area (Å²) in [6.07, 6.45) is 2.67. The van der Waals surface area contributed by atoms with Crippen molar-refractivity contribution in [3.05, 3.63) is 36.2 Å². The van der Waals surface area contributed by atoms with Gasteiger partial charge in [-0.2, -0.15) is 0 Å². The second-order valence-corrected chi connectivity index (χ2v) is 5.41. The summed E-state index contributed by atoms with van der Waals surface area (Å²) in [6.45, 7) is 4.71. The molecular weight excluding hydrogens is 296 g/mol. The lowest BCUT2D eigenvalue weighted by Crippen LogP contribution is -2.47. The summed E-state index contributed by atoms with van der Waals surface area (Å²) >= 11 is 0. The molecule has 3 rings (SSSR count). The Labute approximate surface area is 134 Å². The van der Waals surface area contributed by atoms with Gasteiger partial charge in [-0.15, -0.1) is 0 Å². The second-order valence-electron chi connectivity index (χ2n) is 5.41. The number of hydrogen-bond acceptors (Lipinski definition) is 8. The number of aliphatic hydroxyl groups is 2. The van der Waals surface area contributed by atoms with Gasteiger partial charge in [-0.05, 0) is 19.1 Å². The van der Waals surface area contributed by atoms with E-state index in [1.807, 2.05) is 12.1 Å². The van der Waals surface area contributed by atoms with E-state index in [2.05, 4.69) is 29.7 Å². The molecule has 2 aromatic rings. The predicted octanol–water partition coefficient (Wildman–Crippen LogP) is 0.139. The van der Waals surface area contributed by atoms with E-state index in [0.717, 1.165) is 37.8 Å². The van der Waals surface area contributed by atoms with E-state index in [1.54, 1.807) is 19.3 Å². The zero-order valence-electron chi connectivity index (χ0n) is 13.0. The summed E-state index contributed by atoms with van der Waals surface area (Å²) in [4.78, 5) is 21.2. The van der Waals surface area contributed by atoms with Gasteiger partial charge in [0.15, 0.2) is 11.6 Å². The molecule has 0 aromatic carbocycles. The van der Waals surface area contributed by atoms with Crippen LogP contribution in [-0.2, 0) is 6.61 Å². The van der Waals surface area contributed by atoms with Gasteiger partial charge in [0.2, 0.25) is 0 Å². The molecule has 8 heteroatoms. The van der Waals surface area contributed by atoms with Crippen LogP contribution in [0.3, 0.4) is 0 Å². The molecule has 0 spiro atoms. The number of anilines is 2. The molecule has 2 aromatic heterocycles. The van der Waals surface area contributed by atoms with Crippen LogP contribution in [-0.4, -0.2) is 56.3 Å². The summed E-state index contributed by atoms with van der Waals surface area (Å²) in [7, 11) is 0. The molecule has 8 nitrogen and oxygen atoms in total. The van der Waals surface area contributed by atoms with Crippen LogP contribution >= 0.6 is 0 Å². The van der Waals surface area contributed by atoms with E-state index in [9.17, 15) is 5.11 Å². The van der Waals surface area contributed by atoms with Crippen molar-refractivity contribution in [3.63, 3.8) is 0 Å². The standard InChI is InChI=1S/C15H20N6O2/c1-11(23)15-17-5-3-14(19-15)21-8-6-20(7-9-21)13-2-4-16-12(10-22)18-13/h2-5,11,22-23H,6-10H2,1H3. The highest BCUT2D eigenvalue weighted by Crippen LogP contribution is 2.18. The van der Waals surface area contributed by atoms with Crippen LogP contribution in [0.2, 0.25) is 0 Å². The van der Waals surface area contributed by atoms with Gasteiger partial charge in [-0.3, -0.25) is 0 Å². The molecule has 3 heterocycles. The Kier molecular flexibility index (Phi) is 4.63. The summed E-state index contributed by atoms with van der Waals surface area (Å²) in [6, 6.07) is 3.71. The van der Waals surface area contributed by atoms with Gasteiger partial charge in [0, 0.05) is 38.6 Å². The van der Waals surface area contributed by atoms with Gasteiger partial charge < -0.3 is 20.0 Å². The Morgan fingerprint density at radius 3 is 2.13 bits per heavy atom. The monoisotopic (exact) mass is 316 g/mol. The molecule has 0 amide bonds. The van der Waals surface area contributed by atoms with Crippen molar-refractivity contribution in [2.75, 3.05) is 36.0 Å². The normalized spacial score (nSPS) is 16.5. The summed E-state index contributed by atoms with van der Waals surface area (Å²) in [5.74, 6) is 2.53. The van der Waals surface area contributed by atoms with Gasteiger partial charge >= 0.3 is 0 Å². The summed E-state index contributed by atoms with van der Waals surface area (Å²) in [5, 5.41) is 18.7. The van der Waals surface area contributed by atoms with Crippen molar-refractivity contribution in [1.82, 2.24) is 19.9 Å². The number of aromatic nitrogens is 4. The van der Waals surface area contributed by atoms with Crippen molar-refractivity contribution >= 4 is 11.6 Å². The van der Waals surface area contributed by atoms with Crippen molar-refractivity contribution in [1.29, 1.82) is 0 Å². The van der Waals surface area contributed by atoms with Crippen LogP contribution in [0, 0.1) is 0 Å². The molecule has 0 aliphatic carbocycles. The number of rotatable bonds is 4. The Morgan fingerprint density at radius 2 is 1.57 bits per heavy atom. The molecule has 1 fully saturated rings. The third-order valence-electron chi connectivity index (χ3n) is 3.79. The third-order valence-corrected chi connectivity index (χ3v) is 3.79. The van der Waals surface area contributed by atoms with Crippen LogP contribution in [0.25, 0.3) is 0 Å². The average Bonchev–Trinajstić information content (AvgIpc) is 2.62. The van der Waals surface area contributed by atoms with Crippen LogP contribution in [0.1, 0.15) is 24.7 Å². The molecule has 23 heavy (non-hydrogen) atoms.